The standard InChI is InChI=1S/C18H28F2N4/c1-3-11-24-12-8-15(9-13-24)23-18(21-2)22-10-7-14-5-4-6-16(19)17(14)20/h4-6,15H,3,7-13H2,1-2H3,(H2,21,22,23). The lowest BCUT2D eigenvalue weighted by Gasteiger charge is -2.32. The molecule has 0 spiro atoms. The van der Waals surface area contributed by atoms with Gasteiger partial charge in [-0.2, -0.15) is 0 Å². The summed E-state index contributed by atoms with van der Waals surface area (Å²) in [7, 11) is 1.73. The first-order valence-corrected chi connectivity index (χ1v) is 8.76. The number of aliphatic imine (C=N–C) groups is 1. The monoisotopic (exact) mass is 338 g/mol. The van der Waals surface area contributed by atoms with Crippen LogP contribution in [0.5, 0.6) is 0 Å². The third-order valence-corrected chi connectivity index (χ3v) is 4.41. The molecule has 1 aliphatic heterocycles. The number of nitrogens with zero attached hydrogens (tertiary/aromatic N) is 2. The molecule has 2 rings (SSSR count). The van der Waals surface area contributed by atoms with Crippen molar-refractivity contribution >= 4 is 5.96 Å². The molecule has 0 amide bonds. The number of likely N-dealkylation sites (tertiary alicyclic amines) is 1. The molecule has 4 nitrogen and oxygen atoms in total. The molecule has 1 saturated heterocycles. The fourth-order valence-corrected chi connectivity index (χ4v) is 3.06. The lowest BCUT2D eigenvalue weighted by Crippen LogP contribution is -2.49. The van der Waals surface area contributed by atoms with Crippen molar-refractivity contribution in [1.29, 1.82) is 0 Å². The summed E-state index contributed by atoms with van der Waals surface area (Å²) in [6, 6.07) is 4.69. The summed E-state index contributed by atoms with van der Waals surface area (Å²) in [4.78, 5) is 6.71. The van der Waals surface area contributed by atoms with Gasteiger partial charge in [-0.05, 0) is 43.9 Å². The second-order valence-corrected chi connectivity index (χ2v) is 6.22. The predicted molar refractivity (Wildman–Crippen MR) is 94.3 cm³/mol. The second kappa shape index (κ2) is 9.57. The number of piperidine rings is 1. The van der Waals surface area contributed by atoms with Gasteiger partial charge in [-0.1, -0.05) is 19.1 Å². The average Bonchev–Trinajstić information content (AvgIpc) is 2.59. The van der Waals surface area contributed by atoms with Crippen molar-refractivity contribution in [1.82, 2.24) is 15.5 Å². The van der Waals surface area contributed by atoms with E-state index in [-0.39, 0.29) is 0 Å². The number of benzene rings is 1. The zero-order valence-corrected chi connectivity index (χ0v) is 14.6. The van der Waals surface area contributed by atoms with E-state index >= 15 is 0 Å². The fourth-order valence-electron chi connectivity index (χ4n) is 3.06. The lowest BCUT2D eigenvalue weighted by molar-refractivity contribution is 0.206. The Balaban J connectivity index is 1.74. The molecular formula is C18H28F2N4. The molecular weight excluding hydrogens is 310 g/mol. The molecule has 1 heterocycles. The van der Waals surface area contributed by atoms with E-state index in [1.54, 1.807) is 13.1 Å². The molecule has 0 unspecified atom stereocenters. The summed E-state index contributed by atoms with van der Waals surface area (Å²) >= 11 is 0. The molecule has 2 N–H and O–H groups in total. The summed E-state index contributed by atoms with van der Waals surface area (Å²) < 4.78 is 26.8. The maximum atomic E-state index is 13.6. The van der Waals surface area contributed by atoms with Gasteiger partial charge in [0.05, 0.1) is 0 Å². The summed E-state index contributed by atoms with van der Waals surface area (Å²) in [5.41, 5.74) is 0.380. The Hall–Kier alpha value is -1.69. The van der Waals surface area contributed by atoms with Gasteiger partial charge in [-0.3, -0.25) is 4.99 Å². The normalized spacial score (nSPS) is 17.1. The average molecular weight is 338 g/mol. The Morgan fingerprint density at radius 3 is 2.71 bits per heavy atom. The SMILES string of the molecule is CCCN1CCC(NC(=NC)NCCc2cccc(F)c2F)CC1. The van der Waals surface area contributed by atoms with E-state index in [1.807, 2.05) is 0 Å². The summed E-state index contributed by atoms with van der Waals surface area (Å²) in [5, 5.41) is 6.61. The highest BCUT2D eigenvalue weighted by atomic mass is 19.2. The van der Waals surface area contributed by atoms with Crippen LogP contribution in [0.3, 0.4) is 0 Å². The first-order valence-electron chi connectivity index (χ1n) is 8.76. The zero-order valence-electron chi connectivity index (χ0n) is 14.6. The Labute approximate surface area is 143 Å². The Bertz CT molecular complexity index is 540. The topological polar surface area (TPSA) is 39.7 Å². The van der Waals surface area contributed by atoms with E-state index in [1.165, 1.54) is 19.0 Å². The molecule has 6 heteroatoms. The van der Waals surface area contributed by atoms with Gasteiger partial charge in [-0.25, -0.2) is 8.78 Å². The third kappa shape index (κ3) is 5.44. The number of rotatable bonds is 6. The van der Waals surface area contributed by atoms with Crippen molar-refractivity contribution in [2.24, 2.45) is 4.99 Å². The molecule has 0 aromatic heterocycles. The number of halogens is 2. The molecule has 0 bridgehead atoms. The smallest absolute Gasteiger partial charge is 0.191 e. The Kier molecular flexibility index (Phi) is 7.43. The minimum Gasteiger partial charge on any atom is -0.356 e. The van der Waals surface area contributed by atoms with E-state index in [9.17, 15) is 8.78 Å². The Morgan fingerprint density at radius 2 is 2.04 bits per heavy atom. The zero-order chi connectivity index (χ0) is 17.4. The molecule has 0 atom stereocenters. The van der Waals surface area contributed by atoms with Gasteiger partial charge in [0.25, 0.3) is 0 Å². The highest BCUT2D eigenvalue weighted by molar-refractivity contribution is 5.79. The van der Waals surface area contributed by atoms with Crippen LogP contribution in [0.1, 0.15) is 31.7 Å². The number of hydrogen-bond donors (Lipinski definition) is 2. The molecule has 0 radical (unpaired) electrons. The van der Waals surface area contributed by atoms with E-state index in [0.29, 0.717) is 24.6 Å². The highest BCUT2D eigenvalue weighted by Gasteiger charge is 2.19. The first-order chi connectivity index (χ1) is 11.6. The molecule has 0 saturated carbocycles. The maximum absolute atomic E-state index is 13.6. The summed E-state index contributed by atoms with van der Waals surface area (Å²) in [6.07, 6.45) is 3.80. The minimum atomic E-state index is -0.797. The molecule has 24 heavy (non-hydrogen) atoms. The predicted octanol–water partition coefficient (Wildman–Crippen LogP) is 2.55. The molecule has 1 fully saturated rings. The first kappa shape index (κ1) is 18.6. The van der Waals surface area contributed by atoms with Gasteiger partial charge in [0, 0.05) is 32.7 Å². The minimum absolute atomic E-state index is 0.380. The van der Waals surface area contributed by atoms with E-state index in [4.69, 9.17) is 0 Å². The Morgan fingerprint density at radius 1 is 1.29 bits per heavy atom. The van der Waals surface area contributed by atoms with Crippen LogP contribution in [0, 0.1) is 11.6 Å². The van der Waals surface area contributed by atoms with Crippen LogP contribution in [0.15, 0.2) is 23.2 Å². The van der Waals surface area contributed by atoms with E-state index in [2.05, 4.69) is 27.4 Å². The van der Waals surface area contributed by atoms with Crippen LogP contribution in [0.4, 0.5) is 8.78 Å². The van der Waals surface area contributed by atoms with E-state index in [0.717, 1.165) is 38.0 Å². The van der Waals surface area contributed by atoms with E-state index < -0.39 is 11.6 Å². The van der Waals surface area contributed by atoms with Crippen molar-refractivity contribution in [2.75, 3.05) is 33.2 Å². The third-order valence-electron chi connectivity index (χ3n) is 4.41. The lowest BCUT2D eigenvalue weighted by atomic mass is 10.1. The van der Waals surface area contributed by atoms with Gasteiger partial charge in [-0.15, -0.1) is 0 Å². The van der Waals surface area contributed by atoms with Gasteiger partial charge < -0.3 is 15.5 Å². The van der Waals surface area contributed by atoms with Crippen molar-refractivity contribution in [2.45, 2.75) is 38.6 Å². The maximum Gasteiger partial charge on any atom is 0.191 e. The van der Waals surface area contributed by atoms with Crippen LogP contribution in [-0.4, -0.2) is 50.1 Å². The number of hydrogen-bond acceptors (Lipinski definition) is 2. The summed E-state index contributed by atoms with van der Waals surface area (Å²) in [6.45, 7) is 6.10. The van der Waals surface area contributed by atoms with Crippen LogP contribution in [0.25, 0.3) is 0 Å². The second-order valence-electron chi connectivity index (χ2n) is 6.22. The van der Waals surface area contributed by atoms with Crippen molar-refractivity contribution in [3.63, 3.8) is 0 Å². The van der Waals surface area contributed by atoms with Gasteiger partial charge in [0.1, 0.15) is 0 Å². The molecule has 134 valence electrons. The number of guanidine groups is 1. The molecule has 1 aliphatic rings. The quantitative estimate of drug-likeness (QED) is 0.619. The van der Waals surface area contributed by atoms with Crippen LogP contribution in [0.2, 0.25) is 0 Å². The number of nitrogens with one attached hydrogen (secondary N) is 2. The molecule has 1 aromatic carbocycles. The van der Waals surface area contributed by atoms with Gasteiger partial charge >= 0.3 is 0 Å². The fraction of sp³-hybridized carbons (Fsp3) is 0.611. The van der Waals surface area contributed by atoms with Gasteiger partial charge in [0.15, 0.2) is 17.6 Å². The highest BCUT2D eigenvalue weighted by Crippen LogP contribution is 2.12. The molecule has 0 aliphatic carbocycles. The van der Waals surface area contributed by atoms with Crippen molar-refractivity contribution in [3.05, 3.63) is 35.4 Å². The van der Waals surface area contributed by atoms with Gasteiger partial charge in [0.2, 0.25) is 0 Å². The van der Waals surface area contributed by atoms with Crippen molar-refractivity contribution in [3.8, 4) is 0 Å². The summed E-state index contributed by atoms with van der Waals surface area (Å²) in [5.74, 6) is -0.833. The van der Waals surface area contributed by atoms with Crippen molar-refractivity contribution < 1.29 is 8.78 Å². The molecule has 1 aromatic rings. The van der Waals surface area contributed by atoms with Crippen LogP contribution >= 0.6 is 0 Å². The largest absolute Gasteiger partial charge is 0.356 e. The van der Waals surface area contributed by atoms with Crippen LogP contribution < -0.4 is 10.6 Å². The van der Waals surface area contributed by atoms with Crippen LogP contribution in [-0.2, 0) is 6.42 Å².